The van der Waals surface area contributed by atoms with Gasteiger partial charge in [-0.1, -0.05) is 13.3 Å². The molecular weight excluding hydrogens is 262 g/mol. The summed E-state index contributed by atoms with van der Waals surface area (Å²) >= 11 is 0. The topological polar surface area (TPSA) is 84.9 Å². The minimum Gasteiger partial charge on any atom is -0.486 e. The lowest BCUT2D eigenvalue weighted by molar-refractivity contribution is -0.139. The van der Waals surface area contributed by atoms with E-state index in [-0.39, 0.29) is 0 Å². The van der Waals surface area contributed by atoms with E-state index in [0.29, 0.717) is 43.1 Å². The van der Waals surface area contributed by atoms with Crippen molar-refractivity contribution in [1.82, 2.24) is 5.32 Å². The second kappa shape index (κ2) is 6.27. The van der Waals surface area contributed by atoms with Gasteiger partial charge in [-0.15, -0.1) is 0 Å². The van der Waals surface area contributed by atoms with E-state index in [1.807, 2.05) is 6.92 Å². The molecule has 1 aromatic rings. The highest BCUT2D eigenvalue weighted by molar-refractivity contribution is 5.97. The first-order chi connectivity index (χ1) is 9.61. The fourth-order valence-electron chi connectivity index (χ4n) is 1.97. The zero-order chi connectivity index (χ0) is 14.5. The zero-order valence-corrected chi connectivity index (χ0v) is 11.2. The summed E-state index contributed by atoms with van der Waals surface area (Å²) in [6.45, 7) is 2.79. The van der Waals surface area contributed by atoms with Crippen LogP contribution < -0.4 is 14.8 Å². The number of carboxylic acids is 1. The van der Waals surface area contributed by atoms with E-state index in [1.54, 1.807) is 18.2 Å². The van der Waals surface area contributed by atoms with Crippen LogP contribution in [0.15, 0.2) is 18.2 Å². The largest absolute Gasteiger partial charge is 0.486 e. The van der Waals surface area contributed by atoms with Crippen molar-refractivity contribution in [2.45, 2.75) is 25.8 Å². The van der Waals surface area contributed by atoms with Crippen LogP contribution in [0.4, 0.5) is 0 Å². The Balaban J connectivity index is 2.10. The van der Waals surface area contributed by atoms with Crippen molar-refractivity contribution in [3.8, 4) is 11.5 Å². The van der Waals surface area contributed by atoms with Gasteiger partial charge in [0, 0.05) is 5.56 Å². The first-order valence-electron chi connectivity index (χ1n) is 6.55. The van der Waals surface area contributed by atoms with E-state index in [4.69, 9.17) is 14.6 Å². The number of ether oxygens (including phenoxy) is 2. The summed E-state index contributed by atoms with van der Waals surface area (Å²) in [4.78, 5) is 23.1. The van der Waals surface area contributed by atoms with Crippen LogP contribution in [0.5, 0.6) is 11.5 Å². The predicted molar refractivity (Wildman–Crippen MR) is 71.2 cm³/mol. The van der Waals surface area contributed by atoms with Gasteiger partial charge in [0.1, 0.15) is 19.3 Å². The molecule has 0 unspecified atom stereocenters. The van der Waals surface area contributed by atoms with Gasteiger partial charge in [-0.3, -0.25) is 4.79 Å². The highest BCUT2D eigenvalue weighted by atomic mass is 16.6. The number of amides is 1. The van der Waals surface area contributed by atoms with Crippen molar-refractivity contribution in [2.24, 2.45) is 0 Å². The van der Waals surface area contributed by atoms with E-state index in [1.165, 1.54) is 0 Å². The fraction of sp³-hybridized carbons (Fsp3) is 0.429. The van der Waals surface area contributed by atoms with E-state index in [2.05, 4.69) is 5.32 Å². The summed E-state index contributed by atoms with van der Waals surface area (Å²) in [5, 5.41) is 11.5. The third kappa shape index (κ3) is 3.20. The lowest BCUT2D eigenvalue weighted by Crippen LogP contribution is -2.40. The van der Waals surface area contributed by atoms with E-state index in [9.17, 15) is 9.59 Å². The van der Waals surface area contributed by atoms with Crippen LogP contribution in [-0.4, -0.2) is 36.2 Å². The predicted octanol–water partition coefficient (Wildman–Crippen LogP) is 1.44. The van der Waals surface area contributed by atoms with Crippen LogP contribution in [0.1, 0.15) is 30.1 Å². The molecule has 2 rings (SSSR count). The molecule has 0 bridgehead atoms. The molecule has 0 radical (unpaired) electrons. The quantitative estimate of drug-likeness (QED) is 0.852. The molecule has 1 aliphatic rings. The molecule has 108 valence electrons. The molecule has 6 nitrogen and oxygen atoms in total. The second-order valence-corrected chi connectivity index (χ2v) is 4.51. The first kappa shape index (κ1) is 14.2. The molecule has 20 heavy (non-hydrogen) atoms. The van der Waals surface area contributed by atoms with Gasteiger partial charge in [0.2, 0.25) is 0 Å². The highest BCUT2D eigenvalue weighted by Crippen LogP contribution is 2.30. The summed E-state index contributed by atoms with van der Waals surface area (Å²) in [6, 6.07) is 3.93. The molecule has 0 aromatic heterocycles. The molecule has 1 aromatic carbocycles. The van der Waals surface area contributed by atoms with Crippen molar-refractivity contribution in [3.63, 3.8) is 0 Å². The summed E-state index contributed by atoms with van der Waals surface area (Å²) in [6.07, 6.45) is 1.07. The zero-order valence-electron chi connectivity index (χ0n) is 11.2. The lowest BCUT2D eigenvalue weighted by atomic mass is 10.1. The first-order valence-corrected chi connectivity index (χ1v) is 6.55. The van der Waals surface area contributed by atoms with Crippen molar-refractivity contribution < 1.29 is 24.2 Å². The monoisotopic (exact) mass is 279 g/mol. The SMILES string of the molecule is CCC[C@H](NC(=O)c1ccc2c(c1)OCCO2)C(=O)O. The molecule has 6 heteroatoms. The Kier molecular flexibility index (Phi) is 4.45. The van der Waals surface area contributed by atoms with Crippen molar-refractivity contribution >= 4 is 11.9 Å². The van der Waals surface area contributed by atoms with Crippen LogP contribution in [0.25, 0.3) is 0 Å². The third-order valence-corrected chi connectivity index (χ3v) is 2.99. The van der Waals surface area contributed by atoms with Crippen LogP contribution in [0, 0.1) is 0 Å². The maximum absolute atomic E-state index is 12.0. The molecule has 0 spiro atoms. The van der Waals surface area contributed by atoms with Gasteiger partial charge in [-0.05, 0) is 24.6 Å². The van der Waals surface area contributed by atoms with Gasteiger partial charge < -0.3 is 19.9 Å². The molecule has 1 aliphatic heterocycles. The minimum atomic E-state index is -1.03. The average molecular weight is 279 g/mol. The lowest BCUT2D eigenvalue weighted by Gasteiger charge is -2.19. The number of carboxylic acid groups (broad SMARTS) is 1. The maximum atomic E-state index is 12.0. The minimum absolute atomic E-state index is 0.358. The van der Waals surface area contributed by atoms with Crippen LogP contribution in [0.2, 0.25) is 0 Å². The maximum Gasteiger partial charge on any atom is 0.326 e. The van der Waals surface area contributed by atoms with Crippen molar-refractivity contribution in [1.29, 1.82) is 0 Å². The van der Waals surface area contributed by atoms with Gasteiger partial charge >= 0.3 is 5.97 Å². The molecule has 1 heterocycles. The number of carbonyl (C=O) groups is 2. The highest BCUT2D eigenvalue weighted by Gasteiger charge is 2.21. The second-order valence-electron chi connectivity index (χ2n) is 4.51. The fourth-order valence-corrected chi connectivity index (χ4v) is 1.97. The van der Waals surface area contributed by atoms with E-state index in [0.717, 1.165) is 0 Å². The smallest absolute Gasteiger partial charge is 0.326 e. The Morgan fingerprint density at radius 3 is 2.65 bits per heavy atom. The standard InChI is InChI=1S/C14H17NO5/c1-2-3-10(14(17)18)15-13(16)9-4-5-11-12(8-9)20-7-6-19-11/h4-5,8,10H,2-3,6-7H2,1H3,(H,15,16)(H,17,18)/t10-/m0/s1. The number of hydrogen-bond acceptors (Lipinski definition) is 4. The summed E-state index contributed by atoms with van der Waals surface area (Å²) in [7, 11) is 0. The number of benzene rings is 1. The molecule has 0 aliphatic carbocycles. The number of hydrogen-bond donors (Lipinski definition) is 2. The molecular formula is C14H17NO5. The van der Waals surface area contributed by atoms with Crippen LogP contribution >= 0.6 is 0 Å². The van der Waals surface area contributed by atoms with Crippen LogP contribution in [-0.2, 0) is 4.79 Å². The summed E-state index contributed by atoms with van der Waals surface area (Å²) in [5.41, 5.74) is 0.358. The Labute approximate surface area is 116 Å². The number of carbonyl (C=O) groups excluding carboxylic acids is 1. The Morgan fingerprint density at radius 1 is 1.30 bits per heavy atom. The molecule has 0 saturated heterocycles. The third-order valence-electron chi connectivity index (χ3n) is 2.99. The van der Waals surface area contributed by atoms with Crippen LogP contribution in [0.3, 0.4) is 0 Å². The Hall–Kier alpha value is -2.24. The molecule has 0 saturated carbocycles. The van der Waals surface area contributed by atoms with Gasteiger partial charge in [0.25, 0.3) is 5.91 Å². The van der Waals surface area contributed by atoms with Gasteiger partial charge in [0.05, 0.1) is 0 Å². The van der Waals surface area contributed by atoms with Gasteiger partial charge in [-0.2, -0.15) is 0 Å². The Bertz CT molecular complexity index is 514. The number of nitrogens with one attached hydrogen (secondary N) is 1. The van der Waals surface area contributed by atoms with Crippen molar-refractivity contribution in [3.05, 3.63) is 23.8 Å². The summed E-state index contributed by atoms with van der Waals surface area (Å²) in [5.74, 6) is -0.358. The number of fused-ring (bicyclic) bond motifs is 1. The normalized spacial score (nSPS) is 14.4. The average Bonchev–Trinajstić information content (AvgIpc) is 2.46. The Morgan fingerprint density at radius 2 is 2.00 bits per heavy atom. The number of rotatable bonds is 5. The molecule has 1 atom stereocenters. The molecule has 1 amide bonds. The van der Waals surface area contributed by atoms with Gasteiger partial charge in [0.15, 0.2) is 11.5 Å². The van der Waals surface area contributed by atoms with Gasteiger partial charge in [-0.25, -0.2) is 4.79 Å². The van der Waals surface area contributed by atoms with E-state index < -0.39 is 17.9 Å². The molecule has 2 N–H and O–H groups in total. The van der Waals surface area contributed by atoms with Crippen molar-refractivity contribution in [2.75, 3.05) is 13.2 Å². The van der Waals surface area contributed by atoms with E-state index >= 15 is 0 Å². The summed E-state index contributed by atoms with van der Waals surface area (Å²) < 4.78 is 10.8. The number of aliphatic carboxylic acids is 1. The molecule has 0 fully saturated rings.